The minimum Gasteiger partial charge on any atom is -0.506 e. The molecule has 3 heterocycles. The van der Waals surface area contributed by atoms with Gasteiger partial charge in [-0.05, 0) is 37.1 Å². The van der Waals surface area contributed by atoms with E-state index in [0.717, 1.165) is 16.5 Å². The molecule has 0 bridgehead atoms. The number of aromatic hydroxyl groups is 1. The summed E-state index contributed by atoms with van der Waals surface area (Å²) in [7, 11) is 0. The Morgan fingerprint density at radius 3 is 2.74 bits per heavy atom. The van der Waals surface area contributed by atoms with Gasteiger partial charge in [-0.25, -0.2) is 4.79 Å². The van der Waals surface area contributed by atoms with Crippen molar-refractivity contribution in [3.63, 3.8) is 0 Å². The Morgan fingerprint density at radius 2 is 1.97 bits per heavy atom. The van der Waals surface area contributed by atoms with Gasteiger partial charge >= 0.3 is 11.6 Å². The highest BCUT2D eigenvalue weighted by Crippen LogP contribution is 2.50. The molecule has 0 spiro atoms. The van der Waals surface area contributed by atoms with Gasteiger partial charge in [0.1, 0.15) is 16.9 Å². The summed E-state index contributed by atoms with van der Waals surface area (Å²) >= 11 is 0. The number of hydrogen-bond donors (Lipinski definition) is 1. The number of ketones is 1. The number of carbonyl (C=O) groups excluding carboxylic acids is 2. The molecule has 7 heteroatoms. The van der Waals surface area contributed by atoms with E-state index in [1.54, 1.807) is 19.2 Å². The lowest BCUT2D eigenvalue weighted by molar-refractivity contribution is -0.135. The lowest BCUT2D eigenvalue weighted by Gasteiger charge is -2.28. The number of para-hydroxylation sites is 1. The molecule has 5 rings (SSSR count). The zero-order chi connectivity index (χ0) is 21.9. The number of ether oxygens (including phenoxy) is 1. The Hall–Kier alpha value is -4.00. The standard InChI is InChI=1S/C24H17NO6/c1-11-9-17(27)30-23-19(11)22(29)20(12(2)26)24-21(23)15(10-18(28)31-24)13-7-8-25-16-6-4-3-5-14(13)16/h3-9,15,29H,10H2,1-2H3. The van der Waals surface area contributed by atoms with Crippen molar-refractivity contribution in [1.29, 1.82) is 0 Å². The molecular formula is C24H17NO6. The summed E-state index contributed by atoms with van der Waals surface area (Å²) in [5.41, 5.74) is 1.80. The van der Waals surface area contributed by atoms with Crippen molar-refractivity contribution < 1.29 is 23.8 Å². The van der Waals surface area contributed by atoms with Crippen molar-refractivity contribution in [3.05, 3.63) is 75.3 Å². The molecule has 0 aliphatic carbocycles. The number of rotatable bonds is 2. The van der Waals surface area contributed by atoms with Crippen LogP contribution >= 0.6 is 0 Å². The van der Waals surface area contributed by atoms with Crippen LogP contribution in [0.5, 0.6) is 11.5 Å². The minimum atomic E-state index is -0.600. The summed E-state index contributed by atoms with van der Waals surface area (Å²) < 4.78 is 11.0. The van der Waals surface area contributed by atoms with Crippen LogP contribution in [-0.4, -0.2) is 21.8 Å². The van der Waals surface area contributed by atoms with E-state index in [2.05, 4.69) is 4.98 Å². The van der Waals surface area contributed by atoms with E-state index < -0.39 is 23.3 Å². The SMILES string of the molecule is CC(=O)c1c2c(c3oc(=O)cc(C)c3c1O)C(c1ccnc3ccccc13)CC(=O)O2. The Balaban J connectivity index is 1.97. The number of Topliss-reactive ketones (excluding diaryl/α,β-unsaturated/α-hetero) is 1. The number of aryl methyl sites for hydroxylation is 1. The molecule has 1 aliphatic heterocycles. The molecular weight excluding hydrogens is 398 g/mol. The molecule has 2 aromatic heterocycles. The maximum atomic E-state index is 12.6. The van der Waals surface area contributed by atoms with E-state index in [0.29, 0.717) is 11.1 Å². The fourth-order valence-corrected chi connectivity index (χ4v) is 4.42. The molecule has 1 unspecified atom stereocenters. The first-order valence-corrected chi connectivity index (χ1v) is 9.75. The van der Waals surface area contributed by atoms with Crippen molar-refractivity contribution >= 4 is 33.6 Å². The molecule has 7 nitrogen and oxygen atoms in total. The number of esters is 1. The number of nitrogens with zero attached hydrogens (tertiary/aromatic N) is 1. The predicted octanol–water partition coefficient (Wildman–Crippen LogP) is 4.00. The third kappa shape index (κ3) is 2.81. The fraction of sp³-hybridized carbons (Fsp3) is 0.167. The smallest absolute Gasteiger partial charge is 0.336 e. The van der Waals surface area contributed by atoms with Crippen LogP contribution in [0.2, 0.25) is 0 Å². The fourth-order valence-electron chi connectivity index (χ4n) is 4.42. The molecule has 1 aliphatic rings. The van der Waals surface area contributed by atoms with E-state index >= 15 is 0 Å². The molecule has 1 atom stereocenters. The van der Waals surface area contributed by atoms with Gasteiger partial charge in [0.2, 0.25) is 0 Å². The number of benzene rings is 2. The Bertz CT molecular complexity index is 1480. The van der Waals surface area contributed by atoms with Crippen molar-refractivity contribution in [3.8, 4) is 11.5 Å². The average Bonchev–Trinajstić information content (AvgIpc) is 2.71. The van der Waals surface area contributed by atoms with Gasteiger partial charge in [0, 0.05) is 29.1 Å². The zero-order valence-corrected chi connectivity index (χ0v) is 16.8. The quantitative estimate of drug-likeness (QED) is 0.228. The third-order valence-corrected chi connectivity index (χ3v) is 5.69. The minimum absolute atomic E-state index is 0.0180. The molecule has 4 aromatic rings. The van der Waals surface area contributed by atoms with Crippen molar-refractivity contribution in [1.82, 2.24) is 4.98 Å². The summed E-state index contributed by atoms with van der Waals surface area (Å²) in [5, 5.41) is 12.0. The van der Waals surface area contributed by atoms with E-state index in [4.69, 9.17) is 9.15 Å². The number of aromatic nitrogens is 1. The summed E-state index contributed by atoms with van der Waals surface area (Å²) in [6.45, 7) is 2.94. The number of pyridine rings is 1. The van der Waals surface area contributed by atoms with Gasteiger partial charge in [-0.1, -0.05) is 18.2 Å². The second-order valence-electron chi connectivity index (χ2n) is 7.62. The molecule has 2 aromatic carbocycles. The normalized spacial score (nSPS) is 15.7. The van der Waals surface area contributed by atoms with Crippen LogP contribution in [0.1, 0.15) is 46.3 Å². The number of hydrogen-bond acceptors (Lipinski definition) is 7. The summed E-state index contributed by atoms with van der Waals surface area (Å²) in [6.07, 6.45) is 1.63. The average molecular weight is 415 g/mol. The van der Waals surface area contributed by atoms with Crippen LogP contribution in [0.3, 0.4) is 0 Å². The van der Waals surface area contributed by atoms with Crippen LogP contribution in [-0.2, 0) is 4.79 Å². The predicted molar refractivity (Wildman–Crippen MR) is 113 cm³/mol. The first kappa shape index (κ1) is 19.0. The summed E-state index contributed by atoms with van der Waals surface area (Å²) in [4.78, 5) is 41.6. The number of carbonyl (C=O) groups is 2. The summed E-state index contributed by atoms with van der Waals surface area (Å²) in [6, 6.07) is 10.6. The third-order valence-electron chi connectivity index (χ3n) is 5.69. The molecule has 154 valence electrons. The van der Waals surface area contributed by atoms with Crippen molar-refractivity contribution in [2.45, 2.75) is 26.2 Å². The highest BCUT2D eigenvalue weighted by Gasteiger charge is 2.37. The number of phenolic OH excluding ortho intramolecular Hbond substituents is 1. The van der Waals surface area contributed by atoms with Gasteiger partial charge in [-0.3, -0.25) is 14.6 Å². The highest BCUT2D eigenvalue weighted by molar-refractivity contribution is 6.09. The monoisotopic (exact) mass is 415 g/mol. The van der Waals surface area contributed by atoms with Crippen LogP contribution in [0.15, 0.2) is 51.8 Å². The maximum Gasteiger partial charge on any atom is 0.336 e. The lowest BCUT2D eigenvalue weighted by atomic mass is 9.81. The molecule has 0 saturated carbocycles. The Kier molecular flexibility index (Phi) is 4.15. The molecule has 0 fully saturated rings. The van der Waals surface area contributed by atoms with E-state index in [1.165, 1.54) is 13.0 Å². The van der Waals surface area contributed by atoms with E-state index in [-0.39, 0.29) is 34.5 Å². The Labute approximate surface area is 175 Å². The zero-order valence-electron chi connectivity index (χ0n) is 16.8. The largest absolute Gasteiger partial charge is 0.506 e. The molecule has 31 heavy (non-hydrogen) atoms. The van der Waals surface area contributed by atoms with Crippen LogP contribution in [0, 0.1) is 6.92 Å². The molecule has 0 amide bonds. The number of fused-ring (bicyclic) bond motifs is 4. The molecule has 1 N–H and O–H groups in total. The van der Waals surface area contributed by atoms with E-state index in [9.17, 15) is 19.5 Å². The second-order valence-corrected chi connectivity index (χ2v) is 7.62. The van der Waals surface area contributed by atoms with Crippen LogP contribution < -0.4 is 10.4 Å². The Morgan fingerprint density at radius 1 is 1.19 bits per heavy atom. The van der Waals surface area contributed by atoms with Gasteiger partial charge < -0.3 is 14.3 Å². The van der Waals surface area contributed by atoms with Gasteiger partial charge in [-0.15, -0.1) is 0 Å². The first-order valence-electron chi connectivity index (χ1n) is 9.75. The van der Waals surface area contributed by atoms with E-state index in [1.807, 2.05) is 24.3 Å². The number of phenols is 1. The van der Waals surface area contributed by atoms with Gasteiger partial charge in [0.25, 0.3) is 0 Å². The van der Waals surface area contributed by atoms with Crippen LogP contribution in [0.25, 0.3) is 21.9 Å². The van der Waals surface area contributed by atoms with Gasteiger partial charge in [-0.2, -0.15) is 0 Å². The molecule has 0 radical (unpaired) electrons. The van der Waals surface area contributed by atoms with Gasteiger partial charge in [0.05, 0.1) is 17.3 Å². The second kappa shape index (κ2) is 6.77. The summed E-state index contributed by atoms with van der Waals surface area (Å²) in [5.74, 6) is -2.00. The first-order chi connectivity index (χ1) is 14.9. The maximum absolute atomic E-state index is 12.6. The van der Waals surface area contributed by atoms with Gasteiger partial charge in [0.15, 0.2) is 11.5 Å². The highest BCUT2D eigenvalue weighted by atomic mass is 16.5. The van der Waals surface area contributed by atoms with Crippen molar-refractivity contribution in [2.75, 3.05) is 0 Å². The topological polar surface area (TPSA) is 107 Å². The lowest BCUT2D eigenvalue weighted by Crippen LogP contribution is -2.24. The molecule has 0 saturated heterocycles. The van der Waals surface area contributed by atoms with Crippen molar-refractivity contribution in [2.24, 2.45) is 0 Å². The van der Waals surface area contributed by atoms with Crippen LogP contribution in [0.4, 0.5) is 0 Å².